The van der Waals surface area contributed by atoms with Crippen LogP contribution in [0.2, 0.25) is 22.2 Å². The van der Waals surface area contributed by atoms with Crippen LogP contribution in [-0.2, 0) is 17.7 Å². The van der Waals surface area contributed by atoms with Crippen LogP contribution < -0.4 is 0 Å². The Labute approximate surface area is 151 Å². The van der Waals surface area contributed by atoms with Crippen molar-refractivity contribution in [2.24, 2.45) is 0 Å². The van der Waals surface area contributed by atoms with Gasteiger partial charge in [-0.15, -0.1) is 0 Å². The van der Waals surface area contributed by atoms with Gasteiger partial charge in [0.2, 0.25) is 0 Å². The SMILES string of the molecule is [B][C@H]1CC2O[Si](C(C)C)(C(C)C)O[Si](C(C)C)(C(C)C)OC[C@H]2O1. The quantitative estimate of drug-likeness (QED) is 0.694. The van der Waals surface area contributed by atoms with Crippen LogP contribution in [-0.4, -0.2) is 49.8 Å². The van der Waals surface area contributed by atoms with Crippen molar-refractivity contribution >= 4 is 25.0 Å². The van der Waals surface area contributed by atoms with Crippen LogP contribution in [0.4, 0.5) is 0 Å². The number of rotatable bonds is 4. The van der Waals surface area contributed by atoms with Gasteiger partial charge in [-0.05, 0) is 28.6 Å². The molecular formula is C17H35BO4Si2. The molecule has 4 nitrogen and oxygen atoms in total. The maximum absolute atomic E-state index is 7.09. The van der Waals surface area contributed by atoms with Gasteiger partial charge in [0.15, 0.2) is 0 Å². The van der Waals surface area contributed by atoms with Crippen LogP contribution in [0, 0.1) is 0 Å². The minimum atomic E-state index is -2.50. The molecular weight excluding hydrogens is 335 g/mol. The highest BCUT2D eigenvalue weighted by atomic mass is 28.5. The fourth-order valence-corrected chi connectivity index (χ4v) is 15.4. The molecule has 3 atom stereocenters. The second-order valence-corrected chi connectivity index (χ2v) is 17.4. The van der Waals surface area contributed by atoms with Crippen molar-refractivity contribution in [2.75, 3.05) is 6.61 Å². The van der Waals surface area contributed by atoms with E-state index in [1.54, 1.807) is 0 Å². The summed E-state index contributed by atoms with van der Waals surface area (Å²) in [4.78, 5) is 0. The molecule has 2 fully saturated rings. The van der Waals surface area contributed by atoms with Crippen molar-refractivity contribution in [3.8, 4) is 0 Å². The molecule has 0 N–H and O–H groups in total. The summed E-state index contributed by atoms with van der Waals surface area (Å²) >= 11 is 0. The lowest BCUT2D eigenvalue weighted by Crippen LogP contribution is -2.65. The third-order valence-corrected chi connectivity index (χ3v) is 15.9. The van der Waals surface area contributed by atoms with E-state index in [1.165, 1.54) is 0 Å². The summed E-state index contributed by atoms with van der Waals surface area (Å²) in [6.07, 6.45) is 0.643. The highest BCUT2D eigenvalue weighted by molar-refractivity contribution is 6.83. The molecule has 0 bridgehead atoms. The molecule has 0 aliphatic carbocycles. The maximum Gasteiger partial charge on any atom is 0.335 e. The van der Waals surface area contributed by atoms with Crippen molar-refractivity contribution in [1.29, 1.82) is 0 Å². The Balaban J connectivity index is 2.49. The molecule has 2 rings (SSSR count). The molecule has 2 saturated heterocycles. The fraction of sp³-hybridized carbons (Fsp3) is 1.00. The minimum Gasteiger partial charge on any atom is -0.414 e. The lowest BCUT2D eigenvalue weighted by Gasteiger charge is -2.51. The van der Waals surface area contributed by atoms with Gasteiger partial charge in [0.1, 0.15) is 14.0 Å². The Kier molecular flexibility index (Phi) is 6.47. The Morgan fingerprint density at radius 2 is 1.29 bits per heavy atom. The summed E-state index contributed by atoms with van der Waals surface area (Å²) in [6.45, 7) is 18.4. The second-order valence-electron chi connectivity index (χ2n) is 8.58. The summed E-state index contributed by atoms with van der Waals surface area (Å²) in [6, 6.07) is -0.262. The molecule has 2 aliphatic rings. The topological polar surface area (TPSA) is 36.9 Å². The van der Waals surface area contributed by atoms with Crippen molar-refractivity contribution in [1.82, 2.24) is 0 Å². The Hall–Kier alpha value is 0.339. The lowest BCUT2D eigenvalue weighted by atomic mass is 9.96. The molecule has 24 heavy (non-hydrogen) atoms. The summed E-state index contributed by atoms with van der Waals surface area (Å²) in [7, 11) is 1.11. The van der Waals surface area contributed by atoms with Gasteiger partial charge < -0.3 is 17.7 Å². The average molecular weight is 370 g/mol. The maximum atomic E-state index is 7.09. The zero-order valence-corrected chi connectivity index (χ0v) is 18.7. The first-order valence-corrected chi connectivity index (χ1v) is 13.4. The standard InChI is InChI=1S/C17H35BO4Si2/c1-11(2)23(12(3)4)19-10-16-15(9-17(18)20-16)21-24(22-23,13(5)6)14(7)8/h11-17H,9-10H2,1-8H3/t15?,16-,17-/m1/s1. The predicted molar refractivity (Wildman–Crippen MR) is 103 cm³/mol. The van der Waals surface area contributed by atoms with Crippen LogP contribution >= 0.6 is 0 Å². The van der Waals surface area contributed by atoms with Gasteiger partial charge >= 0.3 is 17.1 Å². The third kappa shape index (κ3) is 3.58. The summed E-state index contributed by atoms with van der Waals surface area (Å²) in [5.74, 6) is 0. The Bertz CT molecular complexity index is 415. The molecule has 0 amide bonds. The van der Waals surface area contributed by atoms with Crippen molar-refractivity contribution < 1.29 is 17.7 Å². The third-order valence-electron chi connectivity index (χ3n) is 5.58. The minimum absolute atomic E-state index is 0.0113. The van der Waals surface area contributed by atoms with E-state index in [1.807, 2.05) is 0 Å². The van der Waals surface area contributed by atoms with Gasteiger partial charge in [0, 0.05) is 6.00 Å². The highest BCUT2D eigenvalue weighted by Crippen LogP contribution is 2.47. The van der Waals surface area contributed by atoms with Crippen LogP contribution in [0.5, 0.6) is 0 Å². The largest absolute Gasteiger partial charge is 0.414 e. The molecule has 138 valence electrons. The van der Waals surface area contributed by atoms with E-state index in [0.29, 0.717) is 28.8 Å². The molecule has 7 heteroatoms. The number of hydrogen-bond donors (Lipinski definition) is 0. The molecule has 0 spiro atoms. The normalized spacial score (nSPS) is 33.1. The van der Waals surface area contributed by atoms with Gasteiger partial charge in [0.05, 0.1) is 12.7 Å². The average Bonchev–Trinajstić information content (AvgIpc) is 2.77. The summed E-state index contributed by atoms with van der Waals surface area (Å²) < 4.78 is 26.4. The zero-order chi connectivity index (χ0) is 18.3. The van der Waals surface area contributed by atoms with Crippen molar-refractivity contribution in [2.45, 2.75) is 102 Å². The van der Waals surface area contributed by atoms with Crippen molar-refractivity contribution in [3.05, 3.63) is 0 Å². The van der Waals surface area contributed by atoms with Crippen LogP contribution in [0.3, 0.4) is 0 Å². The van der Waals surface area contributed by atoms with Gasteiger partial charge in [-0.25, -0.2) is 0 Å². The van der Waals surface area contributed by atoms with Gasteiger partial charge in [-0.3, -0.25) is 0 Å². The second kappa shape index (κ2) is 7.53. The molecule has 2 aliphatic heterocycles. The molecule has 1 unspecified atom stereocenters. The van der Waals surface area contributed by atoms with E-state index in [-0.39, 0.29) is 18.2 Å². The lowest BCUT2D eigenvalue weighted by molar-refractivity contribution is -0.0252. The van der Waals surface area contributed by atoms with Crippen LogP contribution in [0.25, 0.3) is 0 Å². The number of hydrogen-bond acceptors (Lipinski definition) is 4. The van der Waals surface area contributed by atoms with E-state index < -0.39 is 17.1 Å². The summed E-state index contributed by atoms with van der Waals surface area (Å²) in [5.41, 5.74) is 1.41. The van der Waals surface area contributed by atoms with E-state index in [4.69, 9.17) is 25.6 Å². The fourth-order valence-electron chi connectivity index (χ4n) is 4.18. The van der Waals surface area contributed by atoms with E-state index in [2.05, 4.69) is 55.4 Å². The number of ether oxygens (including phenoxy) is 1. The van der Waals surface area contributed by atoms with Gasteiger partial charge in [-0.1, -0.05) is 55.4 Å². The van der Waals surface area contributed by atoms with E-state index in [0.717, 1.165) is 6.42 Å². The monoisotopic (exact) mass is 370 g/mol. The summed E-state index contributed by atoms with van der Waals surface area (Å²) in [5, 5.41) is 0. The van der Waals surface area contributed by atoms with Crippen LogP contribution in [0.1, 0.15) is 61.8 Å². The molecule has 0 aromatic rings. The molecule has 0 aromatic carbocycles. The molecule has 0 saturated carbocycles. The smallest absolute Gasteiger partial charge is 0.335 e. The molecule has 2 heterocycles. The van der Waals surface area contributed by atoms with E-state index >= 15 is 0 Å². The molecule has 0 aromatic heterocycles. The highest BCUT2D eigenvalue weighted by Gasteiger charge is 2.59. The first kappa shape index (κ1) is 20.6. The van der Waals surface area contributed by atoms with Crippen molar-refractivity contribution in [3.63, 3.8) is 0 Å². The van der Waals surface area contributed by atoms with E-state index in [9.17, 15) is 0 Å². The van der Waals surface area contributed by atoms with Gasteiger partial charge in [0.25, 0.3) is 0 Å². The zero-order valence-electron chi connectivity index (χ0n) is 16.7. The number of fused-ring (bicyclic) bond motifs is 1. The van der Waals surface area contributed by atoms with Crippen LogP contribution in [0.15, 0.2) is 0 Å². The molecule has 2 radical (unpaired) electrons. The Morgan fingerprint density at radius 3 is 1.75 bits per heavy atom. The van der Waals surface area contributed by atoms with Gasteiger partial charge in [-0.2, -0.15) is 0 Å². The first-order chi connectivity index (χ1) is 11.0. The Morgan fingerprint density at radius 1 is 0.792 bits per heavy atom. The first-order valence-electron chi connectivity index (χ1n) is 9.48. The predicted octanol–water partition coefficient (Wildman–Crippen LogP) is 4.23.